The Labute approximate surface area is 166 Å². The lowest BCUT2D eigenvalue weighted by Gasteiger charge is -2.31. The standard InChI is InChI=1S/C20H13Br2N3O/c21-11-9-13(18(26)14(22)10-11)20-23-15-6-2-1-5-12(15)19-24-16-7-3-4-8-17(16)25(19)20/h1-10,20,23,26H. The second-order valence-corrected chi connectivity index (χ2v) is 7.98. The number of hydrogen-bond donors (Lipinski definition) is 2. The molecule has 0 amide bonds. The summed E-state index contributed by atoms with van der Waals surface area (Å²) in [5.74, 6) is 1.11. The third kappa shape index (κ3) is 2.29. The number of aromatic nitrogens is 2. The SMILES string of the molecule is Oc1c(Br)cc(Br)cc1C1Nc2ccccc2-c2nc3ccccc3n21. The first-order valence-electron chi connectivity index (χ1n) is 8.14. The zero-order chi connectivity index (χ0) is 17.8. The lowest BCUT2D eigenvalue weighted by Crippen LogP contribution is -2.25. The predicted molar refractivity (Wildman–Crippen MR) is 110 cm³/mol. The van der Waals surface area contributed by atoms with E-state index in [0.717, 1.165) is 38.1 Å². The van der Waals surface area contributed by atoms with Gasteiger partial charge in [0, 0.05) is 21.3 Å². The van der Waals surface area contributed by atoms with E-state index in [-0.39, 0.29) is 11.9 Å². The second-order valence-electron chi connectivity index (χ2n) is 6.21. The number of aromatic hydroxyl groups is 1. The first kappa shape index (κ1) is 15.9. The van der Waals surface area contributed by atoms with Gasteiger partial charge in [0.1, 0.15) is 17.7 Å². The molecule has 1 atom stereocenters. The Morgan fingerprint density at radius 3 is 2.65 bits per heavy atom. The molecule has 1 unspecified atom stereocenters. The Balaban J connectivity index is 1.85. The topological polar surface area (TPSA) is 50.1 Å². The van der Waals surface area contributed by atoms with Gasteiger partial charge in [0.2, 0.25) is 0 Å². The van der Waals surface area contributed by atoms with Crippen molar-refractivity contribution in [1.29, 1.82) is 0 Å². The number of phenolic OH excluding ortho intramolecular Hbond substituents is 1. The van der Waals surface area contributed by atoms with E-state index in [1.54, 1.807) is 0 Å². The molecule has 0 fully saturated rings. The lowest BCUT2D eigenvalue weighted by atomic mass is 10.0. The van der Waals surface area contributed by atoms with E-state index in [0.29, 0.717) is 4.47 Å². The van der Waals surface area contributed by atoms with Crippen molar-refractivity contribution in [2.75, 3.05) is 5.32 Å². The maximum absolute atomic E-state index is 10.7. The van der Waals surface area contributed by atoms with Crippen molar-refractivity contribution >= 4 is 48.6 Å². The lowest BCUT2D eigenvalue weighted by molar-refractivity contribution is 0.456. The molecule has 1 aliphatic heterocycles. The van der Waals surface area contributed by atoms with E-state index >= 15 is 0 Å². The molecule has 0 bridgehead atoms. The molecule has 0 spiro atoms. The molecule has 1 aromatic heterocycles. The maximum Gasteiger partial charge on any atom is 0.145 e. The van der Waals surface area contributed by atoms with E-state index in [1.165, 1.54) is 0 Å². The van der Waals surface area contributed by atoms with Gasteiger partial charge in [-0.1, -0.05) is 40.2 Å². The molecule has 4 nitrogen and oxygen atoms in total. The van der Waals surface area contributed by atoms with Crippen LogP contribution in [0, 0.1) is 0 Å². The number of phenols is 1. The van der Waals surface area contributed by atoms with Gasteiger partial charge in [-0.05, 0) is 52.3 Å². The molecule has 6 heteroatoms. The van der Waals surface area contributed by atoms with Crippen molar-refractivity contribution in [1.82, 2.24) is 9.55 Å². The fourth-order valence-corrected chi connectivity index (χ4v) is 4.78. The van der Waals surface area contributed by atoms with E-state index in [1.807, 2.05) is 48.5 Å². The van der Waals surface area contributed by atoms with Crippen LogP contribution in [0.5, 0.6) is 5.75 Å². The number of anilines is 1. The Kier molecular flexibility index (Phi) is 3.58. The number of rotatable bonds is 1. The number of benzene rings is 3. The Morgan fingerprint density at radius 2 is 1.77 bits per heavy atom. The van der Waals surface area contributed by atoms with Crippen LogP contribution in [0.25, 0.3) is 22.4 Å². The van der Waals surface area contributed by atoms with Crippen molar-refractivity contribution in [3.63, 3.8) is 0 Å². The van der Waals surface area contributed by atoms with E-state index in [4.69, 9.17) is 4.98 Å². The first-order chi connectivity index (χ1) is 12.6. The number of halogens is 2. The maximum atomic E-state index is 10.7. The zero-order valence-electron chi connectivity index (χ0n) is 13.4. The first-order valence-corrected chi connectivity index (χ1v) is 9.73. The van der Waals surface area contributed by atoms with E-state index in [9.17, 15) is 5.11 Å². The van der Waals surface area contributed by atoms with Crippen LogP contribution in [0.1, 0.15) is 11.7 Å². The van der Waals surface area contributed by atoms with Gasteiger partial charge in [0.05, 0.1) is 15.5 Å². The normalized spacial score (nSPS) is 15.4. The van der Waals surface area contributed by atoms with Crippen LogP contribution < -0.4 is 5.32 Å². The summed E-state index contributed by atoms with van der Waals surface area (Å²) in [7, 11) is 0. The molecule has 2 heterocycles. The molecular weight excluding hydrogens is 458 g/mol. The second kappa shape index (κ2) is 5.86. The van der Waals surface area contributed by atoms with Crippen LogP contribution >= 0.6 is 31.9 Å². The quantitative estimate of drug-likeness (QED) is 0.363. The van der Waals surface area contributed by atoms with Gasteiger partial charge in [-0.2, -0.15) is 0 Å². The summed E-state index contributed by atoms with van der Waals surface area (Å²) in [5.41, 5.74) is 4.76. The average molecular weight is 471 g/mol. The summed E-state index contributed by atoms with van der Waals surface area (Å²) in [5, 5.41) is 14.3. The summed E-state index contributed by atoms with van der Waals surface area (Å²) in [4.78, 5) is 4.86. The minimum Gasteiger partial charge on any atom is -0.506 e. The molecule has 0 aliphatic carbocycles. The summed E-state index contributed by atoms with van der Waals surface area (Å²) in [6.07, 6.45) is -0.277. The summed E-state index contributed by atoms with van der Waals surface area (Å²) in [6, 6.07) is 19.9. The molecule has 3 aromatic carbocycles. The van der Waals surface area contributed by atoms with Gasteiger partial charge in [-0.25, -0.2) is 4.98 Å². The van der Waals surface area contributed by atoms with Crippen molar-refractivity contribution < 1.29 is 5.11 Å². The van der Waals surface area contributed by atoms with Crippen LogP contribution in [0.4, 0.5) is 5.69 Å². The Bertz CT molecular complexity index is 1170. The molecule has 1 aliphatic rings. The fourth-order valence-electron chi connectivity index (χ4n) is 3.52. The molecule has 0 radical (unpaired) electrons. The number of imidazole rings is 1. The number of hydrogen-bond acceptors (Lipinski definition) is 3. The average Bonchev–Trinajstić information content (AvgIpc) is 3.04. The number of fused-ring (bicyclic) bond motifs is 5. The largest absolute Gasteiger partial charge is 0.506 e. The predicted octanol–water partition coefficient (Wildman–Crippen LogP) is 5.91. The fraction of sp³-hybridized carbons (Fsp3) is 0.0500. The third-order valence-electron chi connectivity index (χ3n) is 4.67. The Hall–Kier alpha value is -2.31. The molecule has 4 aromatic rings. The highest BCUT2D eigenvalue weighted by molar-refractivity contribution is 9.11. The number of nitrogens with zero attached hydrogens (tertiary/aromatic N) is 2. The molecule has 0 saturated carbocycles. The minimum absolute atomic E-state index is 0.216. The number of nitrogens with one attached hydrogen (secondary N) is 1. The van der Waals surface area contributed by atoms with E-state index in [2.05, 4.69) is 53.9 Å². The van der Waals surface area contributed by atoms with Gasteiger partial charge < -0.3 is 10.4 Å². The van der Waals surface area contributed by atoms with Crippen LogP contribution in [-0.2, 0) is 0 Å². The van der Waals surface area contributed by atoms with E-state index < -0.39 is 0 Å². The van der Waals surface area contributed by atoms with Crippen molar-refractivity contribution in [3.8, 4) is 17.1 Å². The number of para-hydroxylation sites is 3. The smallest absolute Gasteiger partial charge is 0.145 e. The summed E-state index contributed by atoms with van der Waals surface area (Å²) < 4.78 is 3.68. The molecular formula is C20H13Br2N3O. The third-order valence-corrected chi connectivity index (χ3v) is 5.73. The van der Waals surface area contributed by atoms with Gasteiger partial charge in [0.15, 0.2) is 0 Å². The Morgan fingerprint density at radius 1 is 1.00 bits per heavy atom. The zero-order valence-corrected chi connectivity index (χ0v) is 16.6. The van der Waals surface area contributed by atoms with Crippen molar-refractivity contribution in [2.24, 2.45) is 0 Å². The summed E-state index contributed by atoms with van der Waals surface area (Å²) >= 11 is 6.98. The minimum atomic E-state index is -0.277. The van der Waals surface area contributed by atoms with Crippen LogP contribution in [0.3, 0.4) is 0 Å². The van der Waals surface area contributed by atoms with Gasteiger partial charge in [-0.15, -0.1) is 0 Å². The summed E-state index contributed by atoms with van der Waals surface area (Å²) in [6.45, 7) is 0. The molecule has 26 heavy (non-hydrogen) atoms. The van der Waals surface area contributed by atoms with Crippen molar-refractivity contribution in [3.05, 3.63) is 75.2 Å². The molecule has 0 saturated heterocycles. The van der Waals surface area contributed by atoms with Crippen LogP contribution in [-0.4, -0.2) is 14.7 Å². The monoisotopic (exact) mass is 469 g/mol. The molecule has 2 N–H and O–H groups in total. The van der Waals surface area contributed by atoms with Crippen molar-refractivity contribution in [2.45, 2.75) is 6.17 Å². The molecule has 128 valence electrons. The van der Waals surface area contributed by atoms with Gasteiger partial charge in [-0.3, -0.25) is 4.57 Å². The highest BCUT2D eigenvalue weighted by Gasteiger charge is 2.30. The highest BCUT2D eigenvalue weighted by Crippen LogP contribution is 2.44. The van der Waals surface area contributed by atoms with Crippen LogP contribution in [0.2, 0.25) is 0 Å². The molecule has 5 rings (SSSR count). The highest BCUT2D eigenvalue weighted by atomic mass is 79.9. The van der Waals surface area contributed by atoms with Crippen LogP contribution in [0.15, 0.2) is 69.6 Å². The van der Waals surface area contributed by atoms with Gasteiger partial charge in [0.25, 0.3) is 0 Å². The van der Waals surface area contributed by atoms with Gasteiger partial charge >= 0.3 is 0 Å².